The molecular formula is C31H22F34N2O7. The molecule has 0 aromatic heterocycles. The van der Waals surface area contributed by atoms with E-state index in [-0.39, 0.29) is 5.57 Å². The molecule has 0 aliphatic rings. The van der Waals surface area contributed by atoms with Crippen LogP contribution in [0.15, 0.2) is 12.2 Å². The molecule has 0 heterocycles. The van der Waals surface area contributed by atoms with Crippen LogP contribution in [0.3, 0.4) is 0 Å². The summed E-state index contributed by atoms with van der Waals surface area (Å²) in [5.41, 5.74) is -0.340. The summed E-state index contributed by atoms with van der Waals surface area (Å²) in [6.07, 6.45) is -25.6. The van der Waals surface area contributed by atoms with Crippen molar-refractivity contribution in [1.82, 2.24) is 10.6 Å². The van der Waals surface area contributed by atoms with Crippen LogP contribution in [0.5, 0.6) is 0 Å². The van der Waals surface area contributed by atoms with Crippen LogP contribution in [0, 0.1) is 0 Å². The fourth-order valence-electron chi connectivity index (χ4n) is 4.44. The van der Waals surface area contributed by atoms with Gasteiger partial charge in [0.05, 0.1) is 39.0 Å². The minimum absolute atomic E-state index is 0.340. The summed E-state index contributed by atoms with van der Waals surface area (Å²) in [6, 6.07) is -5.23. The summed E-state index contributed by atoms with van der Waals surface area (Å²) in [7, 11) is 0. The number of alkyl halides is 34. The molecule has 43 heteroatoms. The van der Waals surface area contributed by atoms with Crippen molar-refractivity contribution >= 4 is 23.9 Å². The van der Waals surface area contributed by atoms with Gasteiger partial charge >= 0.3 is 119 Å². The molecule has 0 fully saturated rings. The molecule has 0 aromatic rings. The van der Waals surface area contributed by atoms with Crippen LogP contribution in [0.1, 0.15) is 26.2 Å². The number of nitrogens with one attached hydrogen (secondary N) is 2. The Bertz CT molecular complexity index is 2030. The van der Waals surface area contributed by atoms with E-state index in [4.69, 9.17) is 0 Å². The molecule has 0 bridgehead atoms. The Morgan fingerprint density at radius 3 is 0.986 bits per heavy atom. The second-order valence-electron chi connectivity index (χ2n) is 14.3. The molecule has 0 rings (SSSR count). The van der Waals surface area contributed by atoms with Crippen molar-refractivity contribution in [3.05, 3.63) is 12.2 Å². The summed E-state index contributed by atoms with van der Waals surface area (Å²) in [4.78, 5) is 48.2. The Morgan fingerprint density at radius 2 is 0.689 bits per heavy atom. The number of hydrogen-bond acceptors (Lipinski definition) is 7. The number of hydrogen-bond donors (Lipinski definition) is 2. The molecule has 9 nitrogen and oxygen atoms in total. The molecule has 0 aliphatic carbocycles. The lowest BCUT2D eigenvalue weighted by atomic mass is 9.88. The number of rotatable bonds is 26. The third-order valence-electron chi connectivity index (χ3n) is 8.84. The lowest BCUT2D eigenvalue weighted by Gasteiger charge is -2.42. The number of urea groups is 1. The molecule has 0 aliphatic heterocycles. The van der Waals surface area contributed by atoms with Gasteiger partial charge < -0.3 is 24.8 Å². The van der Waals surface area contributed by atoms with Crippen LogP contribution in [0.25, 0.3) is 0 Å². The zero-order valence-corrected chi connectivity index (χ0v) is 34.4. The standard InChI is InChI=1S/C31H22F34N2O7/c1-10(2)13(69)74-8-5-66-15(71)67-11(14(70)73-7-4-17(34,35)19(38,39)21(42,43)23(46,47)25(50,51)27(54,55)29(58,59)31(63,64)65)9-12(68)72-6-3-16(32,33)18(36,37)20(40,41)22(44,45)24(48,49)26(52,53)28(56,57)30(60,61)62/h11H,1,3-9H2,2H3,(H2,66,67,71). The van der Waals surface area contributed by atoms with Gasteiger partial charge in [0.1, 0.15) is 12.6 Å². The van der Waals surface area contributed by atoms with Crippen molar-refractivity contribution in [3.8, 4) is 0 Å². The molecule has 0 saturated carbocycles. The third-order valence-corrected chi connectivity index (χ3v) is 8.84. The van der Waals surface area contributed by atoms with Crippen molar-refractivity contribution < 1.29 is 183 Å². The maximum Gasteiger partial charge on any atom is 0.460 e. The number of carbonyl (C=O) groups is 4. The molecule has 0 aromatic carbocycles. The zero-order valence-electron chi connectivity index (χ0n) is 34.4. The number of esters is 3. The van der Waals surface area contributed by atoms with Crippen molar-refractivity contribution in [2.45, 2.75) is 127 Å². The number of ether oxygens (including phenoxy) is 3. The largest absolute Gasteiger partial charge is 0.465 e. The van der Waals surface area contributed by atoms with E-state index in [9.17, 15) is 168 Å². The van der Waals surface area contributed by atoms with E-state index in [1.165, 1.54) is 5.32 Å². The summed E-state index contributed by atoms with van der Waals surface area (Å²) in [5, 5.41) is 2.63. The van der Waals surface area contributed by atoms with E-state index < -0.39 is 171 Å². The van der Waals surface area contributed by atoms with Crippen molar-refractivity contribution in [1.29, 1.82) is 0 Å². The first kappa shape index (κ1) is 69.0. The number of carbonyl (C=O) groups excluding carboxylic acids is 4. The molecule has 1 unspecified atom stereocenters. The predicted molar refractivity (Wildman–Crippen MR) is 163 cm³/mol. The third kappa shape index (κ3) is 11.7. The Kier molecular flexibility index (Phi) is 19.5. The van der Waals surface area contributed by atoms with E-state index in [0.29, 0.717) is 0 Å². The normalized spacial score (nSPS) is 15.6. The maximum absolute atomic E-state index is 14.3. The molecule has 0 saturated heterocycles. The SMILES string of the molecule is C=C(C)C(=O)OCCNC(=O)NC(CC(=O)OCCC(F)(F)C(F)(F)C(F)(F)C(F)(F)C(F)(F)C(F)(F)C(F)(F)C(F)(F)F)C(=O)OCCC(F)(F)C(F)(F)C(F)(F)C(F)(F)C(F)(F)C(F)(F)C(F)(F)C(F)(F)F. The van der Waals surface area contributed by atoms with E-state index in [0.717, 1.165) is 12.2 Å². The average molecular weight is 1180 g/mol. The van der Waals surface area contributed by atoms with Crippen LogP contribution in [-0.4, -0.2) is 152 Å². The van der Waals surface area contributed by atoms with Crippen molar-refractivity contribution in [2.24, 2.45) is 0 Å². The zero-order chi connectivity index (χ0) is 59.9. The van der Waals surface area contributed by atoms with Gasteiger partial charge in [0.15, 0.2) is 0 Å². The quantitative estimate of drug-likeness (QED) is 0.0291. The van der Waals surface area contributed by atoms with Gasteiger partial charge in [-0.15, -0.1) is 0 Å². The highest BCUT2D eigenvalue weighted by Crippen LogP contribution is 2.66. The number of amides is 2. The maximum atomic E-state index is 14.3. The fraction of sp³-hybridized carbons (Fsp3) is 0.806. The lowest BCUT2D eigenvalue weighted by molar-refractivity contribution is -0.461. The van der Waals surface area contributed by atoms with Crippen molar-refractivity contribution in [3.63, 3.8) is 0 Å². The molecule has 0 spiro atoms. The molecule has 2 amide bonds. The summed E-state index contributed by atoms with van der Waals surface area (Å²) in [6.45, 7) is -3.45. The van der Waals surface area contributed by atoms with E-state index >= 15 is 0 Å². The Labute approximate surface area is 384 Å². The first-order valence-corrected chi connectivity index (χ1v) is 17.7. The van der Waals surface area contributed by atoms with Gasteiger partial charge in [0, 0.05) is 5.57 Å². The second kappa shape index (κ2) is 20.9. The number of halogens is 34. The van der Waals surface area contributed by atoms with Gasteiger partial charge in [0.25, 0.3) is 0 Å². The fourth-order valence-corrected chi connectivity index (χ4v) is 4.44. The Hall–Kier alpha value is -4.96. The van der Waals surface area contributed by atoms with Gasteiger partial charge in [-0.3, -0.25) is 4.79 Å². The lowest BCUT2D eigenvalue weighted by Crippen LogP contribution is -2.74. The van der Waals surface area contributed by atoms with Crippen LogP contribution in [-0.2, 0) is 28.6 Å². The average Bonchev–Trinajstić information content (AvgIpc) is 3.19. The summed E-state index contributed by atoms with van der Waals surface area (Å²) in [5.74, 6) is -127. The predicted octanol–water partition coefficient (Wildman–Crippen LogP) is 11.0. The van der Waals surface area contributed by atoms with Crippen molar-refractivity contribution in [2.75, 3.05) is 26.4 Å². The minimum Gasteiger partial charge on any atom is -0.465 e. The summed E-state index contributed by atoms with van der Waals surface area (Å²) < 4.78 is 471. The first-order chi connectivity index (χ1) is 32.1. The van der Waals surface area contributed by atoms with Crippen LogP contribution in [0.4, 0.5) is 154 Å². The Balaban J connectivity index is 6.68. The molecule has 0 radical (unpaired) electrons. The second-order valence-corrected chi connectivity index (χ2v) is 14.3. The highest BCUT2D eigenvalue weighted by molar-refractivity contribution is 5.88. The van der Waals surface area contributed by atoms with E-state index in [2.05, 4.69) is 20.8 Å². The molecule has 1 atom stereocenters. The van der Waals surface area contributed by atoms with Gasteiger partial charge in [-0.2, -0.15) is 149 Å². The molecular weight excluding hydrogens is 1160 g/mol. The van der Waals surface area contributed by atoms with Gasteiger partial charge in [-0.1, -0.05) is 6.58 Å². The summed E-state index contributed by atoms with van der Waals surface area (Å²) >= 11 is 0. The minimum atomic E-state index is -9.08. The van der Waals surface area contributed by atoms with Gasteiger partial charge in [-0.25, -0.2) is 14.4 Å². The molecule has 2 N–H and O–H groups in total. The van der Waals surface area contributed by atoms with Crippen LogP contribution < -0.4 is 10.6 Å². The van der Waals surface area contributed by atoms with E-state index in [1.807, 2.05) is 0 Å². The van der Waals surface area contributed by atoms with Crippen LogP contribution >= 0.6 is 0 Å². The van der Waals surface area contributed by atoms with Crippen LogP contribution in [0.2, 0.25) is 0 Å². The monoisotopic (exact) mass is 1180 g/mol. The Morgan fingerprint density at radius 1 is 0.405 bits per heavy atom. The van der Waals surface area contributed by atoms with Gasteiger partial charge in [-0.05, 0) is 6.92 Å². The highest BCUT2D eigenvalue weighted by Gasteiger charge is 2.97. The molecule has 74 heavy (non-hydrogen) atoms. The van der Waals surface area contributed by atoms with E-state index in [1.54, 1.807) is 0 Å². The van der Waals surface area contributed by atoms with Gasteiger partial charge in [0.2, 0.25) is 0 Å². The smallest absolute Gasteiger partial charge is 0.460 e. The topological polar surface area (TPSA) is 120 Å². The highest BCUT2D eigenvalue weighted by atomic mass is 19.4. The first-order valence-electron chi connectivity index (χ1n) is 17.7. The molecule has 436 valence electrons.